The van der Waals surface area contributed by atoms with Crippen LogP contribution in [-0.2, 0) is 0 Å². The molecule has 0 atom stereocenters. The molecular weight excluding hydrogens is 625 g/mol. The van der Waals surface area contributed by atoms with E-state index in [4.69, 9.17) is 0 Å². The lowest BCUT2D eigenvalue weighted by Gasteiger charge is -2.21. The average molecular weight is 655 g/mol. The van der Waals surface area contributed by atoms with Crippen LogP contribution in [0.4, 0.5) is 0 Å². The van der Waals surface area contributed by atoms with E-state index in [2.05, 4.69) is 182 Å². The molecule has 0 heteroatoms. The first-order chi connectivity index (χ1) is 25.8. The Morgan fingerprint density at radius 1 is 0.212 bits per heavy atom. The minimum atomic E-state index is 1.24. The molecule has 0 spiro atoms. The molecule has 0 amide bonds. The topological polar surface area (TPSA) is 0 Å². The van der Waals surface area contributed by atoms with Gasteiger partial charge in [-0.25, -0.2) is 0 Å². The van der Waals surface area contributed by atoms with Gasteiger partial charge in [-0.15, -0.1) is 0 Å². The Hall–Kier alpha value is -6.76. The molecule has 0 N–H and O–H groups in total. The molecule has 0 aliphatic heterocycles. The van der Waals surface area contributed by atoms with E-state index in [1.54, 1.807) is 0 Å². The van der Waals surface area contributed by atoms with Gasteiger partial charge < -0.3 is 0 Å². The van der Waals surface area contributed by atoms with Crippen molar-refractivity contribution in [3.8, 4) is 22.3 Å². The summed E-state index contributed by atoms with van der Waals surface area (Å²) in [5, 5.41) is 23.3. The first kappa shape index (κ1) is 28.0. The summed E-state index contributed by atoms with van der Waals surface area (Å²) in [5.41, 5.74) is 5.12. The number of benzene rings is 12. The maximum absolute atomic E-state index is 2.46. The molecule has 0 saturated carbocycles. The fourth-order valence-electron chi connectivity index (χ4n) is 9.55. The molecule has 0 fully saturated rings. The van der Waals surface area contributed by atoms with Crippen molar-refractivity contribution in [2.24, 2.45) is 0 Å². The summed E-state index contributed by atoms with van der Waals surface area (Å²) in [7, 11) is 0. The SMILES string of the molecule is c1ccc2c(c1)ccc1c(-c3ccc4ccc5cccc6ccc3c4c56)c3ccccc3c(-c3ccc4c5ccccc5c5ccccc5c4c3)c12. The Kier molecular flexibility index (Phi) is 5.59. The third kappa shape index (κ3) is 3.71. The Balaban J connectivity index is 1.26. The van der Waals surface area contributed by atoms with Gasteiger partial charge in [0.15, 0.2) is 0 Å². The van der Waals surface area contributed by atoms with E-state index in [1.807, 2.05) is 0 Å². The standard InChI is InChI=1S/C52H30/c1-2-13-36-31(10-1)22-29-46-51(45-28-24-34-21-20-32-11-9-12-33-23-27-44(45)49(34)48(32)33)43-19-8-7-18-42(43)50(52(36)46)35-25-26-41-39-16-4-3-14-37(39)38-15-5-6-17-40(38)47(41)30-35/h1-30H. The first-order valence-corrected chi connectivity index (χ1v) is 18.2. The molecule has 0 radical (unpaired) electrons. The molecule has 0 aromatic heterocycles. The van der Waals surface area contributed by atoms with Crippen molar-refractivity contribution in [2.45, 2.75) is 0 Å². The molecule has 0 unspecified atom stereocenters. The minimum absolute atomic E-state index is 1.24. The second-order valence-electron chi connectivity index (χ2n) is 14.3. The number of hydrogen-bond acceptors (Lipinski definition) is 0. The molecule has 0 nitrogen and oxygen atoms in total. The van der Waals surface area contributed by atoms with Gasteiger partial charge in [-0.2, -0.15) is 0 Å². The first-order valence-electron chi connectivity index (χ1n) is 18.2. The second-order valence-corrected chi connectivity index (χ2v) is 14.3. The predicted octanol–water partition coefficient (Wildman–Crippen LogP) is 14.8. The Labute approximate surface area is 300 Å². The molecule has 12 aromatic carbocycles. The molecule has 0 saturated heterocycles. The van der Waals surface area contributed by atoms with Gasteiger partial charge in [0.05, 0.1) is 0 Å². The van der Waals surface area contributed by atoms with E-state index in [0.29, 0.717) is 0 Å². The van der Waals surface area contributed by atoms with Crippen molar-refractivity contribution in [1.29, 1.82) is 0 Å². The molecule has 52 heavy (non-hydrogen) atoms. The van der Waals surface area contributed by atoms with Crippen LogP contribution in [0.15, 0.2) is 182 Å². The van der Waals surface area contributed by atoms with Crippen LogP contribution < -0.4 is 0 Å². The van der Waals surface area contributed by atoms with Gasteiger partial charge in [0.2, 0.25) is 0 Å². The minimum Gasteiger partial charge on any atom is -0.0616 e. The van der Waals surface area contributed by atoms with Crippen LogP contribution in [0, 0.1) is 0 Å². The maximum atomic E-state index is 2.46. The maximum Gasteiger partial charge on any atom is -0.00141 e. The molecule has 12 rings (SSSR count). The second kappa shape index (κ2) is 10.4. The van der Waals surface area contributed by atoms with Crippen molar-refractivity contribution in [3.63, 3.8) is 0 Å². The van der Waals surface area contributed by atoms with Crippen LogP contribution in [0.5, 0.6) is 0 Å². The summed E-state index contributed by atoms with van der Waals surface area (Å²) in [4.78, 5) is 0. The van der Waals surface area contributed by atoms with Gasteiger partial charge in [-0.1, -0.05) is 176 Å². The third-order valence-electron chi connectivity index (χ3n) is 11.7. The smallest absolute Gasteiger partial charge is 0.00141 e. The Morgan fingerprint density at radius 3 is 1.38 bits per heavy atom. The summed E-state index contributed by atoms with van der Waals surface area (Å²) in [6.07, 6.45) is 0. The zero-order chi connectivity index (χ0) is 33.9. The predicted molar refractivity (Wildman–Crippen MR) is 226 cm³/mol. The van der Waals surface area contributed by atoms with E-state index >= 15 is 0 Å². The Bertz CT molecular complexity index is 3410. The van der Waals surface area contributed by atoms with Crippen LogP contribution in [0.25, 0.3) is 119 Å². The molecule has 0 bridgehead atoms. The van der Waals surface area contributed by atoms with Crippen molar-refractivity contribution >= 4 is 97.0 Å². The molecule has 0 heterocycles. The fourth-order valence-corrected chi connectivity index (χ4v) is 9.55. The van der Waals surface area contributed by atoms with Crippen molar-refractivity contribution in [1.82, 2.24) is 0 Å². The van der Waals surface area contributed by atoms with E-state index < -0.39 is 0 Å². The summed E-state index contributed by atoms with van der Waals surface area (Å²) in [5.74, 6) is 0. The highest BCUT2D eigenvalue weighted by Crippen LogP contribution is 2.49. The molecular formula is C52H30. The lowest BCUT2D eigenvalue weighted by Crippen LogP contribution is -1.94. The summed E-state index contributed by atoms with van der Waals surface area (Å²) in [6.45, 7) is 0. The van der Waals surface area contributed by atoms with Crippen LogP contribution in [0.1, 0.15) is 0 Å². The van der Waals surface area contributed by atoms with Crippen LogP contribution in [0.2, 0.25) is 0 Å². The highest BCUT2D eigenvalue weighted by Gasteiger charge is 2.22. The van der Waals surface area contributed by atoms with Gasteiger partial charge >= 0.3 is 0 Å². The van der Waals surface area contributed by atoms with Gasteiger partial charge in [0, 0.05) is 0 Å². The zero-order valence-electron chi connectivity index (χ0n) is 28.3. The molecule has 12 aromatic rings. The summed E-state index contributed by atoms with van der Waals surface area (Å²) >= 11 is 0. The number of hydrogen-bond donors (Lipinski definition) is 0. The average Bonchev–Trinajstić information content (AvgIpc) is 3.22. The van der Waals surface area contributed by atoms with E-state index in [0.717, 1.165) is 0 Å². The van der Waals surface area contributed by atoms with Crippen molar-refractivity contribution in [2.75, 3.05) is 0 Å². The van der Waals surface area contributed by atoms with Crippen LogP contribution >= 0.6 is 0 Å². The largest absolute Gasteiger partial charge is 0.0616 e. The summed E-state index contributed by atoms with van der Waals surface area (Å²) in [6, 6.07) is 68.2. The van der Waals surface area contributed by atoms with Gasteiger partial charge in [0.1, 0.15) is 0 Å². The zero-order valence-corrected chi connectivity index (χ0v) is 28.3. The van der Waals surface area contributed by atoms with Crippen LogP contribution in [0.3, 0.4) is 0 Å². The third-order valence-corrected chi connectivity index (χ3v) is 11.7. The van der Waals surface area contributed by atoms with Crippen molar-refractivity contribution in [3.05, 3.63) is 182 Å². The highest BCUT2D eigenvalue weighted by molar-refractivity contribution is 6.33. The fraction of sp³-hybridized carbons (Fsp3) is 0. The lowest BCUT2D eigenvalue weighted by molar-refractivity contribution is 1.71. The Morgan fingerprint density at radius 2 is 0.673 bits per heavy atom. The monoisotopic (exact) mass is 654 g/mol. The number of rotatable bonds is 2. The van der Waals surface area contributed by atoms with Gasteiger partial charge in [0.25, 0.3) is 0 Å². The highest BCUT2D eigenvalue weighted by atomic mass is 14.2. The van der Waals surface area contributed by atoms with Crippen molar-refractivity contribution < 1.29 is 0 Å². The molecule has 238 valence electrons. The van der Waals surface area contributed by atoms with Gasteiger partial charge in [-0.05, 0) is 125 Å². The van der Waals surface area contributed by atoms with E-state index in [9.17, 15) is 0 Å². The summed E-state index contributed by atoms with van der Waals surface area (Å²) < 4.78 is 0. The molecule has 0 aliphatic rings. The van der Waals surface area contributed by atoms with Crippen LogP contribution in [-0.4, -0.2) is 0 Å². The lowest BCUT2D eigenvalue weighted by atomic mass is 9.81. The van der Waals surface area contributed by atoms with Gasteiger partial charge in [-0.3, -0.25) is 0 Å². The quantitative estimate of drug-likeness (QED) is 0.129. The van der Waals surface area contributed by atoms with E-state index in [1.165, 1.54) is 119 Å². The number of fused-ring (bicyclic) bond motifs is 10. The normalized spacial score (nSPS) is 12.2. The van der Waals surface area contributed by atoms with E-state index in [-0.39, 0.29) is 0 Å². The molecule has 0 aliphatic carbocycles.